The zero-order valence-corrected chi connectivity index (χ0v) is 14.4. The molecule has 0 saturated carbocycles. The summed E-state index contributed by atoms with van der Waals surface area (Å²) in [4.78, 5) is 0.136. The highest BCUT2D eigenvalue weighted by molar-refractivity contribution is 7.92. The van der Waals surface area contributed by atoms with E-state index in [0.29, 0.717) is 22.9 Å². The number of nitrogens with one attached hydrogen (secondary N) is 1. The average Bonchev–Trinajstić information content (AvgIpc) is 2.64. The van der Waals surface area contributed by atoms with E-state index in [9.17, 15) is 8.42 Å². The Hall–Kier alpha value is -2.99. The third-order valence-electron chi connectivity index (χ3n) is 3.44. The summed E-state index contributed by atoms with van der Waals surface area (Å²) >= 11 is 0. The first kappa shape index (κ1) is 16.9. The predicted molar refractivity (Wildman–Crippen MR) is 96.8 cm³/mol. The van der Waals surface area contributed by atoms with Crippen LogP contribution in [0.4, 0.5) is 5.69 Å². The van der Waals surface area contributed by atoms with Crippen molar-refractivity contribution in [2.45, 2.75) is 4.90 Å². The summed E-state index contributed by atoms with van der Waals surface area (Å²) < 4.78 is 38.2. The first-order valence-corrected chi connectivity index (χ1v) is 9.05. The number of ether oxygens (including phenoxy) is 2. The molecule has 0 aliphatic carbocycles. The van der Waals surface area contributed by atoms with Gasteiger partial charge in [-0.3, -0.25) is 4.72 Å². The van der Waals surface area contributed by atoms with Crippen LogP contribution >= 0.6 is 0 Å². The van der Waals surface area contributed by atoms with Gasteiger partial charge in [0.15, 0.2) is 0 Å². The topological polar surface area (TPSA) is 64.6 Å². The molecule has 1 N–H and O–H groups in total. The van der Waals surface area contributed by atoms with E-state index >= 15 is 0 Å². The van der Waals surface area contributed by atoms with Crippen LogP contribution in [0.5, 0.6) is 17.2 Å². The average molecular weight is 355 g/mol. The second-order valence-electron chi connectivity index (χ2n) is 5.22. The molecule has 0 aromatic heterocycles. The lowest BCUT2D eigenvalue weighted by Crippen LogP contribution is -2.12. The Morgan fingerprint density at radius 3 is 2.08 bits per heavy atom. The summed E-state index contributed by atoms with van der Waals surface area (Å²) in [5.74, 6) is 1.82. The lowest BCUT2D eigenvalue weighted by atomic mass is 10.3. The van der Waals surface area contributed by atoms with Crippen LogP contribution in [0.25, 0.3) is 0 Å². The second kappa shape index (κ2) is 7.27. The van der Waals surface area contributed by atoms with Gasteiger partial charge in [0.05, 0.1) is 12.0 Å². The maximum absolute atomic E-state index is 12.4. The van der Waals surface area contributed by atoms with Crippen LogP contribution in [0.15, 0.2) is 83.8 Å². The molecule has 0 fully saturated rings. The Bertz CT molecular complexity index is 939. The Morgan fingerprint density at radius 2 is 1.40 bits per heavy atom. The number of hydrogen-bond donors (Lipinski definition) is 1. The molecular weight excluding hydrogens is 338 g/mol. The van der Waals surface area contributed by atoms with Gasteiger partial charge >= 0.3 is 0 Å². The van der Waals surface area contributed by atoms with Crippen molar-refractivity contribution < 1.29 is 17.9 Å². The molecule has 3 aromatic rings. The molecule has 0 spiro atoms. The van der Waals surface area contributed by atoms with Crippen molar-refractivity contribution in [2.24, 2.45) is 0 Å². The van der Waals surface area contributed by atoms with E-state index in [1.54, 1.807) is 36.4 Å². The van der Waals surface area contributed by atoms with Crippen LogP contribution < -0.4 is 14.2 Å². The molecule has 128 valence electrons. The molecule has 0 unspecified atom stereocenters. The van der Waals surface area contributed by atoms with Crippen molar-refractivity contribution in [3.63, 3.8) is 0 Å². The third-order valence-corrected chi connectivity index (χ3v) is 4.82. The van der Waals surface area contributed by atoms with Crippen molar-refractivity contribution in [1.82, 2.24) is 0 Å². The van der Waals surface area contributed by atoms with E-state index in [4.69, 9.17) is 9.47 Å². The Balaban J connectivity index is 1.74. The van der Waals surface area contributed by atoms with Gasteiger partial charge in [-0.2, -0.15) is 0 Å². The molecule has 25 heavy (non-hydrogen) atoms. The molecule has 0 bridgehead atoms. The highest BCUT2D eigenvalue weighted by atomic mass is 32.2. The van der Waals surface area contributed by atoms with Gasteiger partial charge in [0.2, 0.25) is 0 Å². The molecule has 0 aliphatic heterocycles. The fourth-order valence-electron chi connectivity index (χ4n) is 2.20. The van der Waals surface area contributed by atoms with Crippen molar-refractivity contribution in [3.05, 3.63) is 78.9 Å². The number of para-hydroxylation sites is 1. The minimum atomic E-state index is -3.69. The Morgan fingerprint density at radius 1 is 0.760 bits per heavy atom. The number of methoxy groups -OCH3 is 1. The van der Waals surface area contributed by atoms with Crippen LogP contribution in [-0.2, 0) is 10.0 Å². The van der Waals surface area contributed by atoms with E-state index in [2.05, 4.69) is 4.72 Å². The van der Waals surface area contributed by atoms with Crippen LogP contribution in [-0.4, -0.2) is 15.5 Å². The van der Waals surface area contributed by atoms with Gasteiger partial charge in [-0.25, -0.2) is 8.42 Å². The summed E-state index contributed by atoms with van der Waals surface area (Å²) in [6.45, 7) is 0. The Kier molecular flexibility index (Phi) is 4.90. The minimum absolute atomic E-state index is 0.136. The molecule has 0 saturated heterocycles. The van der Waals surface area contributed by atoms with Crippen LogP contribution in [0.2, 0.25) is 0 Å². The number of anilines is 1. The quantitative estimate of drug-likeness (QED) is 0.716. The highest BCUT2D eigenvalue weighted by Gasteiger charge is 2.15. The normalized spacial score (nSPS) is 10.9. The first-order valence-electron chi connectivity index (χ1n) is 7.57. The highest BCUT2D eigenvalue weighted by Crippen LogP contribution is 2.24. The summed E-state index contributed by atoms with van der Waals surface area (Å²) in [6, 6.07) is 22.4. The molecular formula is C19H17NO4S. The largest absolute Gasteiger partial charge is 0.497 e. The van der Waals surface area contributed by atoms with E-state index in [1.807, 2.05) is 30.3 Å². The second-order valence-corrected chi connectivity index (χ2v) is 6.91. The smallest absolute Gasteiger partial charge is 0.262 e. The zero-order chi connectivity index (χ0) is 17.7. The molecule has 0 atom stereocenters. The van der Waals surface area contributed by atoms with Gasteiger partial charge in [0.25, 0.3) is 10.0 Å². The minimum Gasteiger partial charge on any atom is -0.497 e. The van der Waals surface area contributed by atoms with Gasteiger partial charge in [-0.15, -0.1) is 0 Å². The fourth-order valence-corrected chi connectivity index (χ4v) is 3.29. The van der Waals surface area contributed by atoms with Gasteiger partial charge in [-0.1, -0.05) is 24.3 Å². The monoisotopic (exact) mass is 355 g/mol. The predicted octanol–water partition coefficient (Wildman–Crippen LogP) is 4.29. The molecule has 6 heteroatoms. The van der Waals surface area contributed by atoms with E-state index in [-0.39, 0.29) is 4.90 Å². The summed E-state index contributed by atoms with van der Waals surface area (Å²) in [6.07, 6.45) is 0. The third kappa shape index (κ3) is 4.30. The van der Waals surface area contributed by atoms with Gasteiger partial charge < -0.3 is 9.47 Å². The van der Waals surface area contributed by atoms with Crippen molar-refractivity contribution >= 4 is 15.7 Å². The molecule has 0 amide bonds. The summed E-state index contributed by atoms with van der Waals surface area (Å²) in [5, 5.41) is 0. The van der Waals surface area contributed by atoms with Crippen LogP contribution in [0, 0.1) is 0 Å². The molecule has 0 aliphatic rings. The standard InChI is InChI=1S/C19H17NO4S/c1-23-18-8-5-9-19(14-18)25(21,22)20-15-10-12-17(13-11-15)24-16-6-3-2-4-7-16/h2-14,20H,1H3. The lowest BCUT2D eigenvalue weighted by Gasteiger charge is -2.10. The molecule has 3 rings (SSSR count). The Labute approximate surface area is 146 Å². The number of rotatable bonds is 6. The van der Waals surface area contributed by atoms with E-state index in [1.165, 1.54) is 19.2 Å². The van der Waals surface area contributed by atoms with E-state index in [0.717, 1.165) is 0 Å². The molecule has 0 heterocycles. The van der Waals surface area contributed by atoms with Crippen molar-refractivity contribution in [2.75, 3.05) is 11.8 Å². The molecule has 3 aromatic carbocycles. The maximum Gasteiger partial charge on any atom is 0.262 e. The number of sulfonamides is 1. The summed E-state index contributed by atoms with van der Waals surface area (Å²) in [5.41, 5.74) is 0.447. The van der Waals surface area contributed by atoms with E-state index < -0.39 is 10.0 Å². The van der Waals surface area contributed by atoms with Crippen molar-refractivity contribution in [1.29, 1.82) is 0 Å². The van der Waals surface area contributed by atoms with Crippen LogP contribution in [0.3, 0.4) is 0 Å². The van der Waals surface area contributed by atoms with Crippen LogP contribution in [0.1, 0.15) is 0 Å². The number of hydrogen-bond acceptors (Lipinski definition) is 4. The van der Waals surface area contributed by atoms with Gasteiger partial charge in [0, 0.05) is 11.8 Å². The fraction of sp³-hybridized carbons (Fsp3) is 0.0526. The van der Waals surface area contributed by atoms with Gasteiger partial charge in [-0.05, 0) is 48.5 Å². The van der Waals surface area contributed by atoms with Crippen molar-refractivity contribution in [3.8, 4) is 17.2 Å². The lowest BCUT2D eigenvalue weighted by molar-refractivity contribution is 0.413. The summed E-state index contributed by atoms with van der Waals surface area (Å²) in [7, 11) is -2.20. The first-order chi connectivity index (χ1) is 12.1. The SMILES string of the molecule is COc1cccc(S(=O)(=O)Nc2ccc(Oc3ccccc3)cc2)c1. The van der Waals surface area contributed by atoms with Gasteiger partial charge in [0.1, 0.15) is 17.2 Å². The maximum atomic E-state index is 12.4. The zero-order valence-electron chi connectivity index (χ0n) is 13.5. The number of benzene rings is 3. The molecule has 0 radical (unpaired) electrons. The molecule has 5 nitrogen and oxygen atoms in total.